The first kappa shape index (κ1) is 17.5. The molecule has 2 aromatic carbocycles. The molecule has 0 aromatic heterocycles. The van der Waals surface area contributed by atoms with Crippen molar-refractivity contribution in [2.45, 2.75) is 59.1 Å². The quantitative estimate of drug-likeness (QED) is 0.887. The lowest BCUT2D eigenvalue weighted by molar-refractivity contribution is -0.128. The summed E-state index contributed by atoms with van der Waals surface area (Å²) in [5, 5.41) is 3.18. The van der Waals surface area contributed by atoms with Crippen LogP contribution in [0.4, 0.5) is 0 Å². The van der Waals surface area contributed by atoms with Gasteiger partial charge in [-0.15, -0.1) is 0 Å². The molecule has 1 N–H and O–H groups in total. The number of fused-ring (bicyclic) bond motifs is 1. The Labute approximate surface area is 150 Å². The maximum atomic E-state index is 12.7. The summed E-state index contributed by atoms with van der Waals surface area (Å²) < 4.78 is 5.99. The molecule has 0 saturated heterocycles. The monoisotopic (exact) mass is 337 g/mol. The first-order valence-electron chi connectivity index (χ1n) is 9.08. The minimum absolute atomic E-state index is 0.0553. The molecule has 1 amide bonds. The van der Waals surface area contributed by atoms with Crippen LogP contribution in [0.5, 0.6) is 5.75 Å². The molecule has 1 aliphatic rings. The topological polar surface area (TPSA) is 38.3 Å². The number of benzene rings is 2. The van der Waals surface area contributed by atoms with Gasteiger partial charge in [-0.2, -0.15) is 0 Å². The van der Waals surface area contributed by atoms with Crippen LogP contribution in [0.3, 0.4) is 0 Å². The van der Waals surface area contributed by atoms with Crippen LogP contribution in [0.15, 0.2) is 36.4 Å². The van der Waals surface area contributed by atoms with Gasteiger partial charge in [0.05, 0.1) is 6.04 Å². The number of nitrogens with one attached hydrogen (secondary N) is 1. The molecule has 3 heteroatoms. The van der Waals surface area contributed by atoms with Crippen molar-refractivity contribution in [2.75, 3.05) is 0 Å². The van der Waals surface area contributed by atoms with Crippen molar-refractivity contribution in [3.63, 3.8) is 0 Å². The summed E-state index contributed by atoms with van der Waals surface area (Å²) in [7, 11) is 0. The SMILES string of the molecule is Cc1cc(C)c(C)c(O[C@H](C)C(=O)N[C@@H]2CCCc3ccccc32)c1. The molecular formula is C22H27NO2. The molecule has 0 heterocycles. The van der Waals surface area contributed by atoms with Crippen LogP contribution in [0.1, 0.15) is 53.6 Å². The van der Waals surface area contributed by atoms with Gasteiger partial charge < -0.3 is 10.1 Å². The van der Waals surface area contributed by atoms with Crippen molar-refractivity contribution in [1.29, 1.82) is 0 Å². The molecule has 0 radical (unpaired) electrons. The van der Waals surface area contributed by atoms with Crippen molar-refractivity contribution in [2.24, 2.45) is 0 Å². The van der Waals surface area contributed by atoms with Crippen LogP contribution in [-0.4, -0.2) is 12.0 Å². The maximum Gasteiger partial charge on any atom is 0.261 e. The number of aryl methyl sites for hydroxylation is 3. The Kier molecular flexibility index (Phi) is 5.12. The molecule has 0 fully saturated rings. The molecule has 2 aromatic rings. The van der Waals surface area contributed by atoms with Crippen LogP contribution < -0.4 is 10.1 Å². The zero-order chi connectivity index (χ0) is 18.0. The van der Waals surface area contributed by atoms with E-state index in [2.05, 4.69) is 36.5 Å². The Morgan fingerprint density at radius 1 is 1.20 bits per heavy atom. The number of carbonyl (C=O) groups excluding carboxylic acids is 1. The van der Waals surface area contributed by atoms with E-state index in [1.54, 1.807) is 0 Å². The third-order valence-corrected chi connectivity index (χ3v) is 5.12. The highest BCUT2D eigenvalue weighted by atomic mass is 16.5. The number of hydrogen-bond donors (Lipinski definition) is 1. The first-order valence-corrected chi connectivity index (χ1v) is 9.08. The zero-order valence-electron chi connectivity index (χ0n) is 15.6. The molecule has 3 rings (SSSR count). The van der Waals surface area contributed by atoms with Gasteiger partial charge in [-0.3, -0.25) is 4.79 Å². The first-order chi connectivity index (χ1) is 12.0. The van der Waals surface area contributed by atoms with E-state index in [-0.39, 0.29) is 11.9 Å². The fourth-order valence-electron chi connectivity index (χ4n) is 3.56. The van der Waals surface area contributed by atoms with Crippen molar-refractivity contribution in [1.82, 2.24) is 5.32 Å². The van der Waals surface area contributed by atoms with E-state index in [1.807, 2.05) is 32.9 Å². The Morgan fingerprint density at radius 3 is 2.76 bits per heavy atom. The van der Waals surface area contributed by atoms with Gasteiger partial charge in [-0.25, -0.2) is 0 Å². The van der Waals surface area contributed by atoms with Gasteiger partial charge in [-0.05, 0) is 80.8 Å². The molecule has 0 bridgehead atoms. The fourth-order valence-corrected chi connectivity index (χ4v) is 3.56. The lowest BCUT2D eigenvalue weighted by Gasteiger charge is -2.27. The number of carbonyl (C=O) groups is 1. The highest BCUT2D eigenvalue weighted by Crippen LogP contribution is 2.30. The normalized spacial score (nSPS) is 17.5. The van der Waals surface area contributed by atoms with Gasteiger partial charge in [0.2, 0.25) is 0 Å². The van der Waals surface area contributed by atoms with E-state index in [0.717, 1.165) is 36.1 Å². The van der Waals surface area contributed by atoms with Crippen molar-refractivity contribution >= 4 is 5.91 Å². The summed E-state index contributed by atoms with van der Waals surface area (Å²) in [5.74, 6) is 0.740. The number of rotatable bonds is 4. The summed E-state index contributed by atoms with van der Waals surface area (Å²) in [5.41, 5.74) is 6.01. The van der Waals surface area contributed by atoms with E-state index >= 15 is 0 Å². The molecule has 0 unspecified atom stereocenters. The van der Waals surface area contributed by atoms with E-state index in [4.69, 9.17) is 4.74 Å². The lowest BCUT2D eigenvalue weighted by atomic mass is 9.87. The minimum atomic E-state index is -0.519. The van der Waals surface area contributed by atoms with E-state index in [9.17, 15) is 4.79 Å². The summed E-state index contributed by atoms with van der Waals surface area (Å²) >= 11 is 0. The fraction of sp³-hybridized carbons (Fsp3) is 0.409. The molecule has 0 saturated carbocycles. The van der Waals surface area contributed by atoms with Crippen molar-refractivity contribution in [3.05, 3.63) is 64.2 Å². The summed E-state index contributed by atoms with van der Waals surface area (Å²) in [6.07, 6.45) is 2.66. The average Bonchev–Trinajstić information content (AvgIpc) is 2.59. The van der Waals surface area contributed by atoms with Gasteiger partial charge in [0.25, 0.3) is 5.91 Å². The molecule has 1 aliphatic carbocycles. The number of ether oxygens (including phenoxy) is 1. The molecule has 0 spiro atoms. The Balaban J connectivity index is 1.70. The van der Waals surface area contributed by atoms with E-state index in [0.29, 0.717) is 0 Å². The number of amides is 1. The highest BCUT2D eigenvalue weighted by Gasteiger charge is 2.24. The molecule has 3 nitrogen and oxygen atoms in total. The Bertz CT molecular complexity index is 782. The molecule has 25 heavy (non-hydrogen) atoms. The smallest absolute Gasteiger partial charge is 0.261 e. The Hall–Kier alpha value is -2.29. The van der Waals surface area contributed by atoms with Crippen LogP contribution in [0.2, 0.25) is 0 Å². The van der Waals surface area contributed by atoms with Crippen LogP contribution in [0.25, 0.3) is 0 Å². The van der Waals surface area contributed by atoms with Crippen molar-refractivity contribution in [3.8, 4) is 5.75 Å². The van der Waals surface area contributed by atoms with E-state index < -0.39 is 6.10 Å². The predicted molar refractivity (Wildman–Crippen MR) is 101 cm³/mol. The summed E-state index contributed by atoms with van der Waals surface area (Å²) in [4.78, 5) is 12.7. The van der Waals surface area contributed by atoms with Gasteiger partial charge in [-0.1, -0.05) is 30.3 Å². The zero-order valence-corrected chi connectivity index (χ0v) is 15.6. The second kappa shape index (κ2) is 7.30. The summed E-state index contributed by atoms with van der Waals surface area (Å²) in [6.45, 7) is 7.97. The predicted octanol–water partition coefficient (Wildman–Crippen LogP) is 4.57. The third kappa shape index (κ3) is 3.87. The third-order valence-electron chi connectivity index (χ3n) is 5.12. The van der Waals surface area contributed by atoms with Gasteiger partial charge in [0, 0.05) is 0 Å². The highest BCUT2D eigenvalue weighted by molar-refractivity contribution is 5.81. The molecule has 132 valence electrons. The van der Waals surface area contributed by atoms with Gasteiger partial charge >= 0.3 is 0 Å². The van der Waals surface area contributed by atoms with Crippen molar-refractivity contribution < 1.29 is 9.53 Å². The maximum absolute atomic E-state index is 12.7. The minimum Gasteiger partial charge on any atom is -0.481 e. The van der Waals surface area contributed by atoms with E-state index in [1.165, 1.54) is 16.7 Å². The summed E-state index contributed by atoms with van der Waals surface area (Å²) in [6, 6.07) is 12.6. The molecule has 2 atom stereocenters. The standard InChI is InChI=1S/C22H27NO2/c1-14-12-15(2)16(3)21(13-14)25-17(4)22(24)23-20-11-7-9-18-8-5-6-10-19(18)20/h5-6,8,10,12-13,17,20H,7,9,11H2,1-4H3,(H,23,24)/t17-,20-/m1/s1. The van der Waals surface area contributed by atoms with Gasteiger partial charge in [0.1, 0.15) is 5.75 Å². The lowest BCUT2D eigenvalue weighted by Crippen LogP contribution is -2.39. The Morgan fingerprint density at radius 2 is 1.96 bits per heavy atom. The average molecular weight is 337 g/mol. The van der Waals surface area contributed by atoms with Crippen LogP contribution in [-0.2, 0) is 11.2 Å². The van der Waals surface area contributed by atoms with Gasteiger partial charge in [0.15, 0.2) is 6.10 Å². The molecule has 0 aliphatic heterocycles. The van der Waals surface area contributed by atoms with Crippen LogP contribution >= 0.6 is 0 Å². The molecular weight excluding hydrogens is 310 g/mol. The van der Waals surface area contributed by atoms with Crippen LogP contribution in [0, 0.1) is 20.8 Å². The second-order valence-corrected chi connectivity index (χ2v) is 7.12. The largest absolute Gasteiger partial charge is 0.481 e. The second-order valence-electron chi connectivity index (χ2n) is 7.12. The number of hydrogen-bond acceptors (Lipinski definition) is 2.